The zero-order valence-corrected chi connectivity index (χ0v) is 8.70. The predicted octanol–water partition coefficient (Wildman–Crippen LogP) is 1.32. The topological polar surface area (TPSA) is 36.9 Å². The number of hydrogen-bond donors (Lipinski definition) is 1. The van der Waals surface area contributed by atoms with Crippen molar-refractivity contribution in [3.05, 3.63) is 35.4 Å². The summed E-state index contributed by atoms with van der Waals surface area (Å²) in [7, 11) is 0. The van der Waals surface area contributed by atoms with E-state index in [0.29, 0.717) is 6.04 Å². The monoisotopic (exact) mass is 192 g/mol. The molecule has 2 rings (SSSR count). The molecule has 1 heterocycles. The van der Waals surface area contributed by atoms with Gasteiger partial charge in [0.1, 0.15) is 12.1 Å². The van der Waals surface area contributed by atoms with Crippen LogP contribution < -0.4 is 5.73 Å². The molecule has 1 aromatic rings. The summed E-state index contributed by atoms with van der Waals surface area (Å²) in [6, 6.07) is 8.94. The number of quaternary nitrogens is 1. The zero-order chi connectivity index (χ0) is 9.97. The quantitative estimate of drug-likeness (QED) is 0.754. The number of fused-ring (bicyclic) bond motifs is 1. The number of hydrogen-bond acceptors (Lipinski definition) is 1. The lowest BCUT2D eigenvalue weighted by molar-refractivity contribution is -0.442. The highest BCUT2D eigenvalue weighted by Gasteiger charge is 2.27. The fraction of sp³-hybridized carbons (Fsp3) is 0.500. The van der Waals surface area contributed by atoms with E-state index in [4.69, 9.17) is 4.74 Å². The molecule has 76 valence electrons. The predicted molar refractivity (Wildman–Crippen MR) is 55.8 cm³/mol. The van der Waals surface area contributed by atoms with E-state index < -0.39 is 0 Å². The summed E-state index contributed by atoms with van der Waals surface area (Å²) in [6.07, 6.45) is 2.33. The van der Waals surface area contributed by atoms with Crippen LogP contribution in [-0.4, -0.2) is 12.6 Å². The van der Waals surface area contributed by atoms with Crippen molar-refractivity contribution in [1.82, 2.24) is 0 Å². The average Bonchev–Trinajstić information content (AvgIpc) is 2.27. The lowest BCUT2D eigenvalue weighted by Crippen LogP contribution is -2.64. The number of benzene rings is 1. The number of rotatable bonds is 2. The van der Waals surface area contributed by atoms with Crippen molar-refractivity contribution in [3.63, 3.8) is 0 Å². The molecule has 0 saturated heterocycles. The van der Waals surface area contributed by atoms with Crippen molar-refractivity contribution in [1.29, 1.82) is 0 Å². The fourth-order valence-electron chi connectivity index (χ4n) is 2.03. The second-order valence-electron chi connectivity index (χ2n) is 3.91. The van der Waals surface area contributed by atoms with Gasteiger partial charge in [0.15, 0.2) is 0 Å². The van der Waals surface area contributed by atoms with Crippen LogP contribution in [0.5, 0.6) is 0 Å². The van der Waals surface area contributed by atoms with E-state index in [9.17, 15) is 0 Å². The largest absolute Gasteiger partial charge is 0.367 e. The summed E-state index contributed by atoms with van der Waals surface area (Å²) in [4.78, 5) is 0. The van der Waals surface area contributed by atoms with E-state index in [2.05, 4.69) is 36.9 Å². The van der Waals surface area contributed by atoms with Crippen molar-refractivity contribution in [2.24, 2.45) is 0 Å². The molecule has 0 aromatic heterocycles. The molecule has 2 nitrogen and oxygen atoms in total. The minimum atomic E-state index is 0.213. The van der Waals surface area contributed by atoms with E-state index in [1.807, 2.05) is 0 Å². The first-order chi connectivity index (χ1) is 6.83. The first kappa shape index (κ1) is 9.69. The minimum Gasteiger partial charge on any atom is -0.367 e. The summed E-state index contributed by atoms with van der Waals surface area (Å²) < 4.78 is 5.79. The molecule has 0 bridgehead atoms. The van der Waals surface area contributed by atoms with Gasteiger partial charge in [-0.1, -0.05) is 31.2 Å². The molecule has 1 aromatic carbocycles. The van der Waals surface area contributed by atoms with Crippen molar-refractivity contribution >= 4 is 0 Å². The van der Waals surface area contributed by atoms with Crippen molar-refractivity contribution in [3.8, 4) is 0 Å². The maximum Gasteiger partial charge on any atom is 0.134 e. The average molecular weight is 192 g/mol. The van der Waals surface area contributed by atoms with Crippen LogP contribution >= 0.6 is 0 Å². The SMILES string of the molecule is CC[C@@H]([NH3+])[C@H]1OCCc2ccccc21. The Labute approximate surface area is 85.1 Å². The first-order valence-electron chi connectivity index (χ1n) is 5.35. The standard InChI is InChI=1S/C12H17NO/c1-2-11(13)12-10-6-4-3-5-9(10)7-8-14-12/h3-6,11-12H,2,7-8,13H2,1H3/p+1/t11-,12+/m1/s1. The van der Waals surface area contributed by atoms with E-state index in [1.165, 1.54) is 11.1 Å². The second kappa shape index (κ2) is 4.11. The van der Waals surface area contributed by atoms with Gasteiger partial charge >= 0.3 is 0 Å². The van der Waals surface area contributed by atoms with Crippen LogP contribution in [0.4, 0.5) is 0 Å². The Kier molecular flexibility index (Phi) is 2.85. The maximum atomic E-state index is 5.79. The van der Waals surface area contributed by atoms with Crippen LogP contribution in [-0.2, 0) is 11.2 Å². The van der Waals surface area contributed by atoms with E-state index in [0.717, 1.165) is 19.4 Å². The van der Waals surface area contributed by atoms with Crippen LogP contribution in [0.25, 0.3) is 0 Å². The van der Waals surface area contributed by atoms with Gasteiger partial charge in [-0.25, -0.2) is 0 Å². The lowest BCUT2D eigenvalue weighted by atomic mass is 9.93. The molecule has 2 heteroatoms. The Balaban J connectivity index is 2.30. The summed E-state index contributed by atoms with van der Waals surface area (Å²) >= 11 is 0. The normalized spacial score (nSPS) is 22.9. The van der Waals surface area contributed by atoms with E-state index >= 15 is 0 Å². The highest BCUT2D eigenvalue weighted by Crippen LogP contribution is 2.28. The number of ether oxygens (including phenoxy) is 1. The fourth-order valence-corrected chi connectivity index (χ4v) is 2.03. The molecule has 1 aliphatic rings. The molecule has 0 aliphatic carbocycles. The molecule has 0 radical (unpaired) electrons. The van der Waals surface area contributed by atoms with Gasteiger partial charge in [0, 0.05) is 0 Å². The van der Waals surface area contributed by atoms with Gasteiger partial charge in [0.2, 0.25) is 0 Å². The Morgan fingerprint density at radius 2 is 2.29 bits per heavy atom. The molecule has 0 spiro atoms. The third kappa shape index (κ3) is 1.68. The summed E-state index contributed by atoms with van der Waals surface area (Å²) in [5.74, 6) is 0. The smallest absolute Gasteiger partial charge is 0.134 e. The third-order valence-corrected chi connectivity index (χ3v) is 2.98. The van der Waals surface area contributed by atoms with Crippen molar-refractivity contribution in [2.45, 2.75) is 31.9 Å². The Hall–Kier alpha value is -0.860. The summed E-state index contributed by atoms with van der Waals surface area (Å²) in [5.41, 5.74) is 6.94. The maximum absolute atomic E-state index is 5.79. The highest BCUT2D eigenvalue weighted by molar-refractivity contribution is 5.31. The molecule has 0 saturated carbocycles. The molecular weight excluding hydrogens is 174 g/mol. The van der Waals surface area contributed by atoms with Gasteiger partial charge in [0.05, 0.1) is 6.61 Å². The van der Waals surface area contributed by atoms with Crippen LogP contribution in [0, 0.1) is 0 Å². The molecule has 3 N–H and O–H groups in total. The van der Waals surface area contributed by atoms with Crippen molar-refractivity contribution in [2.75, 3.05) is 6.61 Å². The van der Waals surface area contributed by atoms with Gasteiger partial charge in [-0.2, -0.15) is 0 Å². The third-order valence-electron chi connectivity index (χ3n) is 2.98. The van der Waals surface area contributed by atoms with Gasteiger partial charge in [-0.05, 0) is 24.0 Å². The van der Waals surface area contributed by atoms with Crippen LogP contribution in [0.15, 0.2) is 24.3 Å². The molecular formula is C12H18NO+. The molecule has 14 heavy (non-hydrogen) atoms. The van der Waals surface area contributed by atoms with Gasteiger partial charge in [0.25, 0.3) is 0 Å². The van der Waals surface area contributed by atoms with Gasteiger partial charge < -0.3 is 10.5 Å². The first-order valence-corrected chi connectivity index (χ1v) is 5.35. The Bertz CT molecular complexity index is 311. The highest BCUT2D eigenvalue weighted by atomic mass is 16.5. The molecule has 0 fully saturated rings. The van der Waals surface area contributed by atoms with Crippen molar-refractivity contribution < 1.29 is 10.5 Å². The summed E-state index contributed by atoms with van der Waals surface area (Å²) in [5, 5.41) is 0. The second-order valence-corrected chi connectivity index (χ2v) is 3.91. The molecule has 0 amide bonds. The lowest BCUT2D eigenvalue weighted by Gasteiger charge is -2.27. The molecule has 0 unspecified atom stereocenters. The van der Waals surface area contributed by atoms with Crippen LogP contribution in [0.1, 0.15) is 30.6 Å². The zero-order valence-electron chi connectivity index (χ0n) is 8.70. The van der Waals surface area contributed by atoms with Gasteiger partial charge in [-0.3, -0.25) is 0 Å². The summed E-state index contributed by atoms with van der Waals surface area (Å²) in [6.45, 7) is 3.01. The van der Waals surface area contributed by atoms with E-state index in [-0.39, 0.29) is 6.10 Å². The van der Waals surface area contributed by atoms with Crippen LogP contribution in [0.2, 0.25) is 0 Å². The Morgan fingerprint density at radius 3 is 3.07 bits per heavy atom. The molecule has 1 aliphatic heterocycles. The Morgan fingerprint density at radius 1 is 1.50 bits per heavy atom. The van der Waals surface area contributed by atoms with E-state index in [1.54, 1.807) is 0 Å². The van der Waals surface area contributed by atoms with Crippen LogP contribution in [0.3, 0.4) is 0 Å². The minimum absolute atomic E-state index is 0.213. The van der Waals surface area contributed by atoms with Gasteiger partial charge in [-0.15, -0.1) is 0 Å². The molecule has 2 atom stereocenters.